The Morgan fingerprint density at radius 1 is 1.19 bits per heavy atom. The van der Waals surface area contributed by atoms with Gasteiger partial charge < -0.3 is 11.2 Å². The minimum Gasteiger partial charge on any atom is -0.337 e. The molecule has 1 heterocycles. The molecule has 2 aromatic carbocycles. The van der Waals surface area contributed by atoms with Crippen molar-refractivity contribution in [1.29, 1.82) is 0 Å². The number of hydrogen-bond acceptors (Lipinski definition) is 4. The van der Waals surface area contributed by atoms with E-state index in [9.17, 15) is 4.79 Å². The second-order valence-corrected chi connectivity index (χ2v) is 7.39. The molecule has 0 aliphatic rings. The standard InChI is InChI=1S/C21H24N4OS/c1-3-15(2)16-9-11-18(12-10-16)23-20(26)14-27-21-24-19(13-25(21)22)17-7-5-4-6-8-17/h4-13,15H,3,14,22H2,1-2H3,(H,23,26)/t15-/m0/s1. The predicted octanol–water partition coefficient (Wildman–Crippen LogP) is 4.51. The maximum Gasteiger partial charge on any atom is 0.234 e. The molecule has 0 aliphatic heterocycles. The summed E-state index contributed by atoms with van der Waals surface area (Å²) in [7, 11) is 0. The fourth-order valence-corrected chi connectivity index (χ4v) is 3.39. The average Bonchev–Trinajstić information content (AvgIpc) is 3.08. The van der Waals surface area contributed by atoms with Gasteiger partial charge in [-0.2, -0.15) is 0 Å². The second kappa shape index (κ2) is 8.77. The SMILES string of the molecule is CC[C@H](C)c1ccc(NC(=O)CSc2nc(-c3ccccc3)cn2N)cc1. The van der Waals surface area contributed by atoms with Crippen LogP contribution in [-0.2, 0) is 4.79 Å². The molecule has 6 heteroatoms. The topological polar surface area (TPSA) is 72.9 Å². The number of thioether (sulfide) groups is 1. The maximum atomic E-state index is 12.2. The van der Waals surface area contributed by atoms with Crippen molar-refractivity contribution in [2.24, 2.45) is 0 Å². The predicted molar refractivity (Wildman–Crippen MR) is 112 cm³/mol. The van der Waals surface area contributed by atoms with Gasteiger partial charge in [-0.3, -0.25) is 4.79 Å². The first-order valence-corrected chi connectivity index (χ1v) is 9.98. The van der Waals surface area contributed by atoms with E-state index in [1.165, 1.54) is 22.0 Å². The van der Waals surface area contributed by atoms with E-state index in [2.05, 4.69) is 36.3 Å². The summed E-state index contributed by atoms with van der Waals surface area (Å²) in [5.41, 5.74) is 3.87. The van der Waals surface area contributed by atoms with Crippen molar-refractivity contribution in [2.75, 3.05) is 16.9 Å². The van der Waals surface area contributed by atoms with E-state index in [0.29, 0.717) is 11.1 Å². The van der Waals surface area contributed by atoms with Crippen molar-refractivity contribution >= 4 is 23.4 Å². The van der Waals surface area contributed by atoms with E-state index < -0.39 is 0 Å². The van der Waals surface area contributed by atoms with Crippen LogP contribution in [0.15, 0.2) is 66.0 Å². The minimum atomic E-state index is -0.0828. The van der Waals surface area contributed by atoms with Crippen LogP contribution in [0, 0.1) is 0 Å². The number of nitrogens with two attached hydrogens (primary N) is 1. The van der Waals surface area contributed by atoms with Gasteiger partial charge >= 0.3 is 0 Å². The Morgan fingerprint density at radius 2 is 1.89 bits per heavy atom. The summed E-state index contributed by atoms with van der Waals surface area (Å²) in [5.74, 6) is 6.66. The lowest BCUT2D eigenvalue weighted by Gasteiger charge is -2.10. The fraction of sp³-hybridized carbons (Fsp3) is 0.238. The monoisotopic (exact) mass is 380 g/mol. The molecule has 27 heavy (non-hydrogen) atoms. The summed E-state index contributed by atoms with van der Waals surface area (Å²) >= 11 is 1.32. The highest BCUT2D eigenvalue weighted by molar-refractivity contribution is 7.99. The van der Waals surface area contributed by atoms with Gasteiger partial charge in [0, 0.05) is 11.3 Å². The number of carbonyl (C=O) groups excluding carboxylic acids is 1. The smallest absolute Gasteiger partial charge is 0.234 e. The van der Waals surface area contributed by atoms with E-state index >= 15 is 0 Å². The zero-order valence-electron chi connectivity index (χ0n) is 15.6. The van der Waals surface area contributed by atoms with E-state index in [1.807, 2.05) is 42.5 Å². The molecule has 0 saturated heterocycles. The number of imidazole rings is 1. The summed E-state index contributed by atoms with van der Waals surface area (Å²) in [6, 6.07) is 17.8. The Balaban J connectivity index is 1.57. The maximum absolute atomic E-state index is 12.2. The van der Waals surface area contributed by atoms with Gasteiger partial charge in [-0.05, 0) is 30.0 Å². The molecule has 5 nitrogen and oxygen atoms in total. The molecule has 0 radical (unpaired) electrons. The molecule has 0 saturated carbocycles. The number of nitrogens with zero attached hydrogens (tertiary/aromatic N) is 2. The summed E-state index contributed by atoms with van der Waals surface area (Å²) in [6.07, 6.45) is 2.86. The summed E-state index contributed by atoms with van der Waals surface area (Å²) < 4.78 is 1.46. The molecule has 3 rings (SSSR count). The van der Waals surface area contributed by atoms with Crippen LogP contribution in [0.1, 0.15) is 31.7 Å². The third-order valence-electron chi connectivity index (χ3n) is 4.48. The summed E-state index contributed by atoms with van der Waals surface area (Å²) in [4.78, 5) is 16.8. The van der Waals surface area contributed by atoms with Crippen LogP contribution in [0.25, 0.3) is 11.3 Å². The molecule has 3 aromatic rings. The number of hydrogen-bond donors (Lipinski definition) is 2. The molecular formula is C21H24N4OS. The van der Waals surface area contributed by atoms with Crippen LogP contribution in [0.5, 0.6) is 0 Å². The molecule has 0 fully saturated rings. The Kier molecular flexibility index (Phi) is 6.19. The van der Waals surface area contributed by atoms with Crippen molar-refractivity contribution in [2.45, 2.75) is 31.3 Å². The third kappa shape index (κ3) is 4.92. The highest BCUT2D eigenvalue weighted by Gasteiger charge is 2.11. The van der Waals surface area contributed by atoms with Crippen LogP contribution in [-0.4, -0.2) is 21.3 Å². The number of rotatable bonds is 7. The molecule has 0 spiro atoms. The quantitative estimate of drug-likeness (QED) is 0.467. The molecule has 140 valence electrons. The number of benzene rings is 2. The first kappa shape index (κ1) is 19.0. The van der Waals surface area contributed by atoms with Crippen molar-refractivity contribution in [3.8, 4) is 11.3 Å². The number of carbonyl (C=O) groups is 1. The van der Waals surface area contributed by atoms with Gasteiger partial charge in [0.05, 0.1) is 17.6 Å². The number of amides is 1. The van der Waals surface area contributed by atoms with Gasteiger partial charge in [-0.25, -0.2) is 9.66 Å². The summed E-state index contributed by atoms with van der Waals surface area (Å²) in [6.45, 7) is 4.37. The van der Waals surface area contributed by atoms with Crippen LogP contribution >= 0.6 is 11.8 Å². The van der Waals surface area contributed by atoms with E-state index in [0.717, 1.165) is 23.4 Å². The minimum absolute atomic E-state index is 0.0828. The van der Waals surface area contributed by atoms with Crippen molar-refractivity contribution in [3.63, 3.8) is 0 Å². The highest BCUT2D eigenvalue weighted by atomic mass is 32.2. The first-order chi connectivity index (χ1) is 13.1. The van der Waals surface area contributed by atoms with Gasteiger partial charge in [0.1, 0.15) is 0 Å². The Morgan fingerprint density at radius 3 is 2.56 bits per heavy atom. The molecule has 1 amide bonds. The zero-order valence-corrected chi connectivity index (χ0v) is 16.4. The van der Waals surface area contributed by atoms with Crippen LogP contribution < -0.4 is 11.2 Å². The van der Waals surface area contributed by atoms with Gasteiger partial charge in [0.25, 0.3) is 0 Å². The lowest BCUT2D eigenvalue weighted by Crippen LogP contribution is -2.15. The van der Waals surface area contributed by atoms with Crippen molar-refractivity contribution in [3.05, 3.63) is 66.4 Å². The molecular weight excluding hydrogens is 356 g/mol. The van der Waals surface area contributed by atoms with Gasteiger partial charge in [0.2, 0.25) is 5.91 Å². The Labute approximate surface area is 164 Å². The van der Waals surface area contributed by atoms with Crippen LogP contribution in [0.2, 0.25) is 0 Å². The highest BCUT2D eigenvalue weighted by Crippen LogP contribution is 2.23. The van der Waals surface area contributed by atoms with Gasteiger partial charge in [0.15, 0.2) is 5.16 Å². The van der Waals surface area contributed by atoms with Crippen LogP contribution in [0.4, 0.5) is 5.69 Å². The molecule has 1 atom stereocenters. The molecule has 0 bridgehead atoms. The molecule has 0 unspecified atom stereocenters. The second-order valence-electron chi connectivity index (χ2n) is 6.45. The molecule has 3 N–H and O–H groups in total. The third-order valence-corrected chi connectivity index (χ3v) is 5.44. The van der Waals surface area contributed by atoms with Crippen molar-refractivity contribution < 1.29 is 4.79 Å². The Hall–Kier alpha value is -2.73. The average molecular weight is 381 g/mol. The zero-order chi connectivity index (χ0) is 19.2. The number of nitrogens with one attached hydrogen (secondary N) is 1. The molecule has 1 aromatic heterocycles. The normalized spacial score (nSPS) is 11.9. The number of anilines is 1. The van der Waals surface area contributed by atoms with Gasteiger partial charge in [-0.1, -0.05) is 68.1 Å². The lowest BCUT2D eigenvalue weighted by molar-refractivity contribution is -0.113. The number of nitrogen functional groups attached to an aromatic ring is 1. The largest absolute Gasteiger partial charge is 0.337 e. The van der Waals surface area contributed by atoms with E-state index in [1.54, 1.807) is 6.20 Å². The lowest BCUT2D eigenvalue weighted by atomic mass is 9.99. The van der Waals surface area contributed by atoms with Crippen LogP contribution in [0.3, 0.4) is 0 Å². The fourth-order valence-electron chi connectivity index (χ4n) is 2.69. The Bertz CT molecular complexity index is 890. The van der Waals surface area contributed by atoms with E-state index in [-0.39, 0.29) is 11.7 Å². The molecule has 0 aliphatic carbocycles. The van der Waals surface area contributed by atoms with E-state index in [4.69, 9.17) is 5.84 Å². The number of aromatic nitrogens is 2. The van der Waals surface area contributed by atoms with Gasteiger partial charge in [-0.15, -0.1) is 0 Å². The first-order valence-electron chi connectivity index (χ1n) is 8.99. The summed E-state index contributed by atoms with van der Waals surface area (Å²) in [5, 5.41) is 3.52. The van der Waals surface area contributed by atoms with Crippen molar-refractivity contribution in [1.82, 2.24) is 9.66 Å².